The lowest BCUT2D eigenvalue weighted by atomic mass is 9.84. The first-order chi connectivity index (χ1) is 17.1. The maximum atomic E-state index is 12.7. The fraction of sp³-hybridized carbons (Fsp3) is 0.414. The van der Waals surface area contributed by atoms with Gasteiger partial charge in [-0.05, 0) is 86.0 Å². The normalized spacial score (nSPS) is 19.5. The summed E-state index contributed by atoms with van der Waals surface area (Å²) >= 11 is 3.47. The molecule has 2 saturated heterocycles. The number of piperidine rings is 2. The van der Waals surface area contributed by atoms with Crippen LogP contribution < -0.4 is 0 Å². The first kappa shape index (κ1) is 24.3. The highest BCUT2D eigenvalue weighted by Gasteiger charge is 2.33. The predicted molar refractivity (Wildman–Crippen MR) is 145 cm³/mol. The van der Waals surface area contributed by atoms with E-state index >= 15 is 0 Å². The second-order valence-corrected chi connectivity index (χ2v) is 10.8. The number of nitrogens with one attached hydrogen (secondary N) is 1. The predicted octanol–water partition coefficient (Wildman–Crippen LogP) is 5.42. The van der Waals surface area contributed by atoms with Crippen LogP contribution >= 0.6 is 15.9 Å². The van der Waals surface area contributed by atoms with Crippen LogP contribution in [0, 0.1) is 5.92 Å². The monoisotopic (exact) mass is 535 g/mol. The van der Waals surface area contributed by atoms with Gasteiger partial charge in [-0.25, -0.2) is 0 Å². The Morgan fingerprint density at radius 3 is 2.57 bits per heavy atom. The fourth-order valence-electron chi connectivity index (χ4n) is 5.92. The van der Waals surface area contributed by atoms with Gasteiger partial charge in [0, 0.05) is 46.8 Å². The Balaban J connectivity index is 1.13. The molecule has 1 atom stereocenters. The second kappa shape index (κ2) is 11.1. The smallest absolute Gasteiger partial charge is 0.246 e. The molecule has 5 nitrogen and oxygen atoms in total. The summed E-state index contributed by atoms with van der Waals surface area (Å²) in [6.07, 6.45) is 9.89. The number of H-pyrrole nitrogens is 1. The van der Waals surface area contributed by atoms with Crippen LogP contribution in [0.2, 0.25) is 0 Å². The number of halogens is 1. The lowest BCUT2D eigenvalue weighted by Crippen LogP contribution is -2.50. The zero-order valence-electron chi connectivity index (χ0n) is 20.1. The molecule has 1 unspecified atom stereocenters. The molecule has 2 aliphatic rings. The maximum Gasteiger partial charge on any atom is 0.246 e. The number of carbonyl (C=O) groups excluding carboxylic acids is 1. The highest BCUT2D eigenvalue weighted by molar-refractivity contribution is 9.10. The van der Waals surface area contributed by atoms with Gasteiger partial charge in [0.1, 0.15) is 0 Å². The van der Waals surface area contributed by atoms with E-state index in [9.17, 15) is 9.90 Å². The van der Waals surface area contributed by atoms with Gasteiger partial charge in [-0.15, -0.1) is 0 Å². The molecule has 1 aromatic heterocycles. The standard InChI is InChI=1S/C29H34BrN3O2/c30-24-5-3-4-21(18-24)8-9-29(35)33-16-12-23(13-17-33)28(20-34)32-14-10-22(11-15-32)26-19-31-27-7-2-1-6-25(26)27/h1-9,18-19,22-23,28,31,34H,10-17,20H2/b9-8+. The van der Waals surface area contributed by atoms with Crippen LogP contribution in [0.5, 0.6) is 0 Å². The molecule has 0 saturated carbocycles. The number of aromatic amines is 1. The topological polar surface area (TPSA) is 59.6 Å². The van der Waals surface area contributed by atoms with Crippen molar-refractivity contribution in [1.29, 1.82) is 0 Å². The third-order valence-corrected chi connectivity index (χ3v) is 8.40. The van der Waals surface area contributed by atoms with Crippen LogP contribution in [-0.4, -0.2) is 64.6 Å². The van der Waals surface area contributed by atoms with Gasteiger partial charge in [0.25, 0.3) is 0 Å². The number of para-hydroxylation sites is 1. The van der Waals surface area contributed by atoms with Crippen molar-refractivity contribution < 1.29 is 9.90 Å². The van der Waals surface area contributed by atoms with Crippen molar-refractivity contribution in [2.45, 2.75) is 37.6 Å². The first-order valence-electron chi connectivity index (χ1n) is 12.8. The molecule has 5 rings (SSSR count). The van der Waals surface area contributed by atoms with Crippen molar-refractivity contribution in [3.63, 3.8) is 0 Å². The molecule has 184 valence electrons. The van der Waals surface area contributed by atoms with Crippen molar-refractivity contribution in [3.05, 3.63) is 76.4 Å². The number of likely N-dealkylation sites (tertiary alicyclic amines) is 2. The Bertz CT molecular complexity index is 1170. The van der Waals surface area contributed by atoms with Gasteiger partial charge in [-0.3, -0.25) is 9.69 Å². The van der Waals surface area contributed by atoms with Crippen molar-refractivity contribution in [2.75, 3.05) is 32.8 Å². The van der Waals surface area contributed by atoms with Gasteiger partial charge in [0.2, 0.25) is 5.91 Å². The molecule has 0 aliphatic carbocycles. The minimum atomic E-state index is 0.0727. The van der Waals surface area contributed by atoms with E-state index in [1.165, 1.54) is 16.5 Å². The summed E-state index contributed by atoms with van der Waals surface area (Å²) in [5, 5.41) is 11.6. The Hall–Kier alpha value is -2.41. The molecule has 1 amide bonds. The van der Waals surface area contributed by atoms with Gasteiger partial charge in [0.15, 0.2) is 0 Å². The molecule has 0 radical (unpaired) electrons. The van der Waals surface area contributed by atoms with E-state index in [2.05, 4.69) is 56.3 Å². The highest BCUT2D eigenvalue weighted by Crippen LogP contribution is 2.35. The van der Waals surface area contributed by atoms with Crippen LogP contribution in [0.4, 0.5) is 0 Å². The quantitative estimate of drug-likeness (QED) is 0.414. The van der Waals surface area contributed by atoms with Crippen molar-refractivity contribution in [1.82, 2.24) is 14.8 Å². The van der Waals surface area contributed by atoms with Crippen LogP contribution in [-0.2, 0) is 4.79 Å². The van der Waals surface area contributed by atoms with E-state index in [1.54, 1.807) is 6.08 Å². The van der Waals surface area contributed by atoms with E-state index in [0.717, 1.165) is 61.9 Å². The summed E-state index contributed by atoms with van der Waals surface area (Å²) in [6.45, 7) is 3.75. The summed E-state index contributed by atoms with van der Waals surface area (Å²) in [5.74, 6) is 1.07. The molecular weight excluding hydrogens is 502 g/mol. The zero-order chi connectivity index (χ0) is 24.2. The van der Waals surface area contributed by atoms with E-state index in [1.807, 2.05) is 35.2 Å². The largest absolute Gasteiger partial charge is 0.395 e. The van der Waals surface area contributed by atoms with Gasteiger partial charge < -0.3 is 15.0 Å². The average Bonchev–Trinajstić information content (AvgIpc) is 3.33. The third-order valence-electron chi connectivity index (χ3n) is 7.91. The van der Waals surface area contributed by atoms with Crippen LogP contribution in [0.3, 0.4) is 0 Å². The summed E-state index contributed by atoms with van der Waals surface area (Å²) in [6, 6.07) is 16.7. The molecule has 2 aromatic carbocycles. The molecule has 0 bridgehead atoms. The Morgan fingerprint density at radius 2 is 1.83 bits per heavy atom. The number of aliphatic hydroxyl groups excluding tert-OH is 1. The SMILES string of the molecule is O=C(/C=C/c1cccc(Br)c1)N1CCC(C(CO)N2CCC(c3c[nH]c4ccccc34)CC2)CC1. The van der Waals surface area contributed by atoms with E-state index < -0.39 is 0 Å². The van der Waals surface area contributed by atoms with Crippen molar-refractivity contribution in [2.24, 2.45) is 5.92 Å². The van der Waals surface area contributed by atoms with Crippen molar-refractivity contribution >= 4 is 38.8 Å². The molecule has 0 spiro atoms. The Kier molecular flexibility index (Phi) is 7.71. The average molecular weight is 537 g/mol. The molecule has 2 N–H and O–H groups in total. The molecule has 2 fully saturated rings. The van der Waals surface area contributed by atoms with Gasteiger partial charge >= 0.3 is 0 Å². The number of rotatable bonds is 6. The molecule has 3 heterocycles. The number of hydrogen-bond donors (Lipinski definition) is 2. The Labute approximate surface area is 215 Å². The number of aliphatic hydroxyl groups is 1. The van der Waals surface area contributed by atoms with E-state index in [4.69, 9.17) is 0 Å². The summed E-state index contributed by atoms with van der Waals surface area (Å²) < 4.78 is 1.01. The number of carbonyl (C=O) groups is 1. The first-order valence-corrected chi connectivity index (χ1v) is 13.5. The molecule has 6 heteroatoms. The summed E-state index contributed by atoms with van der Waals surface area (Å²) in [7, 11) is 0. The van der Waals surface area contributed by atoms with Crippen LogP contribution in [0.1, 0.15) is 42.7 Å². The number of nitrogens with zero attached hydrogens (tertiary/aromatic N) is 2. The minimum Gasteiger partial charge on any atom is -0.395 e. The molecular formula is C29H34BrN3O2. The van der Waals surface area contributed by atoms with Crippen LogP contribution in [0.15, 0.2) is 65.3 Å². The van der Waals surface area contributed by atoms with Gasteiger partial charge in [0.05, 0.1) is 6.61 Å². The number of benzene rings is 2. The minimum absolute atomic E-state index is 0.0727. The zero-order valence-corrected chi connectivity index (χ0v) is 21.7. The number of amides is 1. The number of hydrogen-bond acceptors (Lipinski definition) is 3. The number of aromatic nitrogens is 1. The lowest BCUT2D eigenvalue weighted by molar-refractivity contribution is -0.127. The molecule has 3 aromatic rings. The Morgan fingerprint density at radius 1 is 1.06 bits per heavy atom. The third kappa shape index (κ3) is 5.55. The van der Waals surface area contributed by atoms with Crippen molar-refractivity contribution in [3.8, 4) is 0 Å². The van der Waals surface area contributed by atoms with Gasteiger partial charge in [-0.2, -0.15) is 0 Å². The molecule has 35 heavy (non-hydrogen) atoms. The summed E-state index contributed by atoms with van der Waals surface area (Å²) in [5.41, 5.74) is 3.66. The fourth-order valence-corrected chi connectivity index (χ4v) is 6.34. The molecule has 2 aliphatic heterocycles. The van der Waals surface area contributed by atoms with E-state index in [0.29, 0.717) is 11.8 Å². The van der Waals surface area contributed by atoms with E-state index in [-0.39, 0.29) is 18.6 Å². The highest BCUT2D eigenvalue weighted by atomic mass is 79.9. The van der Waals surface area contributed by atoms with Gasteiger partial charge in [-0.1, -0.05) is 46.3 Å². The second-order valence-electron chi connectivity index (χ2n) is 9.90. The summed E-state index contributed by atoms with van der Waals surface area (Å²) in [4.78, 5) is 20.6. The maximum absolute atomic E-state index is 12.7. The lowest BCUT2D eigenvalue weighted by Gasteiger charge is -2.43. The van der Waals surface area contributed by atoms with Crippen LogP contribution in [0.25, 0.3) is 17.0 Å². The number of fused-ring (bicyclic) bond motifs is 1.